The van der Waals surface area contributed by atoms with E-state index < -0.39 is 0 Å². The van der Waals surface area contributed by atoms with Crippen LogP contribution >= 0.6 is 0 Å². The van der Waals surface area contributed by atoms with E-state index in [1.54, 1.807) is 6.07 Å². The van der Waals surface area contributed by atoms with Crippen LogP contribution in [0.25, 0.3) is 0 Å². The Labute approximate surface area is 102 Å². The number of nitrogens with one attached hydrogen (secondary N) is 1. The fourth-order valence-corrected chi connectivity index (χ4v) is 2.69. The summed E-state index contributed by atoms with van der Waals surface area (Å²) in [4.78, 5) is 0. The standard InChI is InChI=1S/C15H20FN/c1-10-2-7-14(16)8-13(10)9-17-15(11-3-4-11)12-5-6-12/h2,7-8,11-12,15,17H,3-6,9H2,1H3. The topological polar surface area (TPSA) is 12.0 Å². The summed E-state index contributed by atoms with van der Waals surface area (Å²) in [7, 11) is 0. The normalized spacial score (nSPS) is 19.9. The van der Waals surface area contributed by atoms with E-state index in [2.05, 4.69) is 12.2 Å². The number of aryl methyl sites for hydroxylation is 1. The highest BCUT2D eigenvalue weighted by Gasteiger charge is 2.40. The van der Waals surface area contributed by atoms with Gasteiger partial charge in [-0.25, -0.2) is 4.39 Å². The Kier molecular flexibility index (Phi) is 2.91. The summed E-state index contributed by atoms with van der Waals surface area (Å²) < 4.78 is 13.2. The van der Waals surface area contributed by atoms with Gasteiger partial charge in [-0.15, -0.1) is 0 Å². The number of hydrogen-bond donors (Lipinski definition) is 1. The highest BCUT2D eigenvalue weighted by Crippen LogP contribution is 2.44. The Balaban J connectivity index is 1.63. The zero-order valence-electron chi connectivity index (χ0n) is 10.4. The van der Waals surface area contributed by atoms with Crippen LogP contribution in [0.5, 0.6) is 0 Å². The molecule has 0 amide bonds. The van der Waals surface area contributed by atoms with Crippen LogP contribution in [0.2, 0.25) is 0 Å². The molecule has 1 aromatic carbocycles. The van der Waals surface area contributed by atoms with Gasteiger partial charge in [0.1, 0.15) is 5.82 Å². The fraction of sp³-hybridized carbons (Fsp3) is 0.600. The van der Waals surface area contributed by atoms with Gasteiger partial charge in [0.25, 0.3) is 0 Å². The van der Waals surface area contributed by atoms with E-state index in [9.17, 15) is 4.39 Å². The average Bonchev–Trinajstić information content (AvgIpc) is 3.14. The summed E-state index contributed by atoms with van der Waals surface area (Å²) in [6.07, 6.45) is 5.54. The molecule has 2 saturated carbocycles. The molecule has 0 aromatic heterocycles. The maximum atomic E-state index is 13.2. The van der Waals surface area contributed by atoms with Gasteiger partial charge in [0, 0.05) is 12.6 Å². The number of benzene rings is 1. The second-order valence-electron chi connectivity index (χ2n) is 5.65. The molecule has 3 rings (SSSR count). The second-order valence-corrected chi connectivity index (χ2v) is 5.65. The molecule has 0 aliphatic heterocycles. The van der Waals surface area contributed by atoms with Crippen molar-refractivity contribution in [2.24, 2.45) is 11.8 Å². The third-order valence-electron chi connectivity index (χ3n) is 4.10. The van der Waals surface area contributed by atoms with Crippen molar-refractivity contribution < 1.29 is 4.39 Å². The van der Waals surface area contributed by atoms with Gasteiger partial charge in [-0.1, -0.05) is 6.07 Å². The quantitative estimate of drug-likeness (QED) is 0.821. The first kappa shape index (κ1) is 11.2. The van der Waals surface area contributed by atoms with Crippen LogP contribution in [0.1, 0.15) is 36.8 Å². The smallest absolute Gasteiger partial charge is 0.123 e. The summed E-state index contributed by atoms with van der Waals surface area (Å²) in [6, 6.07) is 5.77. The molecule has 2 heteroatoms. The molecule has 1 aromatic rings. The first-order chi connectivity index (χ1) is 8.24. The van der Waals surface area contributed by atoms with E-state index in [0.717, 1.165) is 23.9 Å². The lowest BCUT2D eigenvalue weighted by Gasteiger charge is -2.18. The van der Waals surface area contributed by atoms with E-state index in [1.165, 1.54) is 37.3 Å². The minimum Gasteiger partial charge on any atom is -0.309 e. The monoisotopic (exact) mass is 233 g/mol. The molecule has 1 N–H and O–H groups in total. The minimum atomic E-state index is -0.123. The minimum absolute atomic E-state index is 0.123. The lowest BCUT2D eigenvalue weighted by atomic mass is 10.1. The van der Waals surface area contributed by atoms with Gasteiger partial charge in [0.15, 0.2) is 0 Å². The lowest BCUT2D eigenvalue weighted by molar-refractivity contribution is 0.415. The fourth-order valence-electron chi connectivity index (χ4n) is 2.69. The maximum Gasteiger partial charge on any atom is 0.123 e. The zero-order valence-corrected chi connectivity index (χ0v) is 10.4. The van der Waals surface area contributed by atoms with Crippen LogP contribution in [-0.4, -0.2) is 6.04 Å². The molecular formula is C15H20FN. The van der Waals surface area contributed by atoms with Crippen molar-refractivity contribution in [2.75, 3.05) is 0 Å². The first-order valence-corrected chi connectivity index (χ1v) is 6.72. The zero-order chi connectivity index (χ0) is 11.8. The van der Waals surface area contributed by atoms with Gasteiger partial charge in [0.2, 0.25) is 0 Å². The molecule has 0 saturated heterocycles. The molecule has 0 heterocycles. The molecule has 17 heavy (non-hydrogen) atoms. The summed E-state index contributed by atoms with van der Waals surface area (Å²) in [5.74, 6) is 1.68. The number of halogens is 1. The Bertz CT molecular complexity index is 395. The van der Waals surface area contributed by atoms with E-state index in [4.69, 9.17) is 0 Å². The largest absolute Gasteiger partial charge is 0.309 e. The summed E-state index contributed by atoms with van der Waals surface area (Å²) in [5.41, 5.74) is 2.29. The van der Waals surface area contributed by atoms with E-state index in [1.807, 2.05) is 6.07 Å². The SMILES string of the molecule is Cc1ccc(F)cc1CNC(C1CC1)C1CC1. The van der Waals surface area contributed by atoms with E-state index >= 15 is 0 Å². The molecular weight excluding hydrogens is 213 g/mol. The van der Waals surface area contributed by atoms with Gasteiger partial charge in [-0.05, 0) is 67.7 Å². The van der Waals surface area contributed by atoms with Crippen LogP contribution in [0.3, 0.4) is 0 Å². The molecule has 0 radical (unpaired) electrons. The van der Waals surface area contributed by atoms with Gasteiger partial charge in [0.05, 0.1) is 0 Å². The predicted octanol–water partition coefficient (Wildman–Crippen LogP) is 3.41. The Morgan fingerprint density at radius 1 is 1.24 bits per heavy atom. The Morgan fingerprint density at radius 3 is 2.47 bits per heavy atom. The van der Waals surface area contributed by atoms with E-state index in [0.29, 0.717) is 6.04 Å². The third kappa shape index (κ3) is 2.68. The van der Waals surface area contributed by atoms with Gasteiger partial charge in [-0.3, -0.25) is 0 Å². The van der Waals surface area contributed by atoms with E-state index in [-0.39, 0.29) is 5.82 Å². The molecule has 1 nitrogen and oxygen atoms in total. The Morgan fingerprint density at radius 2 is 1.88 bits per heavy atom. The van der Waals surface area contributed by atoms with Crippen LogP contribution in [0, 0.1) is 24.6 Å². The van der Waals surface area contributed by atoms with Crippen LogP contribution in [0.4, 0.5) is 4.39 Å². The molecule has 2 aliphatic carbocycles. The summed E-state index contributed by atoms with van der Waals surface area (Å²) in [5, 5.41) is 3.66. The van der Waals surface area contributed by atoms with Crippen molar-refractivity contribution in [1.29, 1.82) is 0 Å². The van der Waals surface area contributed by atoms with Crippen molar-refractivity contribution >= 4 is 0 Å². The van der Waals surface area contributed by atoms with Crippen molar-refractivity contribution in [1.82, 2.24) is 5.32 Å². The highest BCUT2D eigenvalue weighted by molar-refractivity contribution is 5.26. The molecule has 92 valence electrons. The van der Waals surface area contributed by atoms with Crippen LogP contribution in [-0.2, 0) is 6.54 Å². The number of rotatable bonds is 5. The maximum absolute atomic E-state index is 13.2. The molecule has 2 fully saturated rings. The summed E-state index contributed by atoms with van der Waals surface area (Å²) >= 11 is 0. The predicted molar refractivity (Wildman–Crippen MR) is 67.2 cm³/mol. The molecule has 0 unspecified atom stereocenters. The van der Waals surface area contributed by atoms with Crippen molar-refractivity contribution in [3.8, 4) is 0 Å². The second kappa shape index (κ2) is 4.41. The van der Waals surface area contributed by atoms with Gasteiger partial charge in [-0.2, -0.15) is 0 Å². The molecule has 0 spiro atoms. The lowest BCUT2D eigenvalue weighted by Crippen LogP contribution is -2.32. The average molecular weight is 233 g/mol. The Hall–Kier alpha value is -0.890. The molecule has 0 atom stereocenters. The van der Waals surface area contributed by atoms with Crippen LogP contribution < -0.4 is 5.32 Å². The molecule has 0 bridgehead atoms. The third-order valence-corrected chi connectivity index (χ3v) is 4.10. The van der Waals surface area contributed by atoms with Crippen LogP contribution in [0.15, 0.2) is 18.2 Å². The number of hydrogen-bond acceptors (Lipinski definition) is 1. The highest BCUT2D eigenvalue weighted by atomic mass is 19.1. The van der Waals surface area contributed by atoms with Crippen molar-refractivity contribution in [3.05, 3.63) is 35.1 Å². The summed E-state index contributed by atoms with van der Waals surface area (Å²) in [6.45, 7) is 2.88. The van der Waals surface area contributed by atoms with Gasteiger partial charge >= 0.3 is 0 Å². The molecule has 2 aliphatic rings. The van der Waals surface area contributed by atoms with Crippen molar-refractivity contribution in [3.63, 3.8) is 0 Å². The van der Waals surface area contributed by atoms with Crippen molar-refractivity contribution in [2.45, 2.75) is 45.2 Å². The van der Waals surface area contributed by atoms with Gasteiger partial charge < -0.3 is 5.32 Å². The first-order valence-electron chi connectivity index (χ1n) is 6.72.